The number of benzene rings is 1. The van der Waals surface area contributed by atoms with E-state index in [9.17, 15) is 19.1 Å². The zero-order chi connectivity index (χ0) is 21.7. The molecule has 3 rings (SSSR count). The monoisotopic (exact) mass is 410 g/mol. The van der Waals surface area contributed by atoms with Crippen LogP contribution in [0.25, 0.3) is 0 Å². The molecule has 7 nitrogen and oxygen atoms in total. The Balaban J connectivity index is 1.93. The summed E-state index contributed by atoms with van der Waals surface area (Å²) in [6, 6.07) is 7.78. The Kier molecular flexibility index (Phi) is 6.68. The molecule has 0 atom stereocenters. The van der Waals surface area contributed by atoms with E-state index in [1.54, 1.807) is 49.8 Å². The number of hydrogen-bond donors (Lipinski definition) is 1. The van der Waals surface area contributed by atoms with Crippen LogP contribution in [0.1, 0.15) is 32.9 Å². The third kappa shape index (κ3) is 4.77. The van der Waals surface area contributed by atoms with Crippen molar-refractivity contribution in [3.05, 3.63) is 93.2 Å². The molecule has 0 bridgehead atoms. The van der Waals surface area contributed by atoms with Crippen LogP contribution in [0.5, 0.6) is 0 Å². The Labute approximate surface area is 173 Å². The van der Waals surface area contributed by atoms with Crippen LogP contribution in [0.4, 0.5) is 4.39 Å². The van der Waals surface area contributed by atoms with Gasteiger partial charge in [-0.1, -0.05) is 18.2 Å². The maximum absolute atomic E-state index is 14.1. The molecule has 0 aliphatic rings. The van der Waals surface area contributed by atoms with Gasteiger partial charge >= 0.3 is 0 Å². The zero-order valence-electron chi connectivity index (χ0n) is 16.9. The number of aliphatic hydroxyl groups is 1. The van der Waals surface area contributed by atoms with E-state index < -0.39 is 17.3 Å². The Morgan fingerprint density at radius 1 is 1.17 bits per heavy atom. The lowest BCUT2D eigenvalue weighted by molar-refractivity contribution is 0.0703. The highest BCUT2D eigenvalue weighted by Crippen LogP contribution is 2.14. The van der Waals surface area contributed by atoms with Gasteiger partial charge in [-0.2, -0.15) is 0 Å². The number of amides is 1. The number of hydrogen-bond acceptors (Lipinski definition) is 5. The number of aromatic nitrogens is 3. The number of carbonyl (C=O) groups is 1. The van der Waals surface area contributed by atoms with Crippen LogP contribution < -0.4 is 5.56 Å². The molecule has 0 saturated carbocycles. The first-order chi connectivity index (χ1) is 14.4. The van der Waals surface area contributed by atoms with E-state index >= 15 is 0 Å². The van der Waals surface area contributed by atoms with Crippen molar-refractivity contribution in [1.29, 1.82) is 0 Å². The lowest BCUT2D eigenvalue weighted by Gasteiger charge is -2.23. The summed E-state index contributed by atoms with van der Waals surface area (Å²) in [6.45, 7) is 3.27. The van der Waals surface area contributed by atoms with E-state index in [4.69, 9.17) is 0 Å². The van der Waals surface area contributed by atoms with Gasteiger partial charge in [0, 0.05) is 31.0 Å². The van der Waals surface area contributed by atoms with Crippen molar-refractivity contribution >= 4 is 5.91 Å². The molecule has 1 N–H and O–H groups in total. The molecule has 0 fully saturated rings. The van der Waals surface area contributed by atoms with Crippen LogP contribution in [0.3, 0.4) is 0 Å². The summed E-state index contributed by atoms with van der Waals surface area (Å²) in [5.74, 6) is -1.01. The fourth-order valence-corrected chi connectivity index (χ4v) is 3.09. The van der Waals surface area contributed by atoms with Crippen molar-refractivity contribution in [2.45, 2.75) is 26.9 Å². The smallest absolute Gasteiger partial charge is 0.264 e. The molecular formula is C22H23FN4O3. The standard InChI is InChI=1S/C22H23FN4O3/c1-15-7-8-26(14-18-12-24-16(2)11-25-18)21(29)20(15)22(30)27(9-10-28)13-17-5-3-4-6-19(17)23/h3-8,11-12,28H,9-10,13-14H2,1-2H3. The Bertz CT molecular complexity index is 1100. The molecule has 3 aromatic rings. The number of carbonyl (C=O) groups excluding carboxylic acids is 1. The zero-order valence-corrected chi connectivity index (χ0v) is 16.9. The van der Waals surface area contributed by atoms with Crippen molar-refractivity contribution in [1.82, 2.24) is 19.4 Å². The number of pyridine rings is 1. The SMILES string of the molecule is Cc1cnc(Cn2ccc(C)c(C(=O)N(CCO)Cc3ccccc3F)c2=O)cn1. The molecule has 0 radical (unpaired) electrons. The first kappa shape index (κ1) is 21.3. The molecule has 0 saturated heterocycles. The van der Waals surface area contributed by atoms with E-state index in [2.05, 4.69) is 9.97 Å². The number of aliphatic hydroxyl groups excluding tert-OH is 1. The van der Waals surface area contributed by atoms with Gasteiger partial charge in [-0.25, -0.2) is 4.39 Å². The van der Waals surface area contributed by atoms with E-state index in [0.717, 1.165) is 5.69 Å². The maximum atomic E-state index is 14.1. The summed E-state index contributed by atoms with van der Waals surface area (Å²) < 4.78 is 15.5. The summed E-state index contributed by atoms with van der Waals surface area (Å²) >= 11 is 0. The number of rotatable bonds is 7. The quantitative estimate of drug-likeness (QED) is 0.644. The average Bonchev–Trinajstić information content (AvgIpc) is 2.73. The summed E-state index contributed by atoms with van der Waals surface area (Å²) in [7, 11) is 0. The van der Waals surface area contributed by atoms with Gasteiger partial charge in [0.2, 0.25) is 0 Å². The predicted octanol–water partition coefficient (Wildman–Crippen LogP) is 2.08. The van der Waals surface area contributed by atoms with Gasteiger partial charge in [-0.3, -0.25) is 19.6 Å². The fourth-order valence-electron chi connectivity index (χ4n) is 3.09. The molecule has 0 spiro atoms. The molecule has 0 unspecified atom stereocenters. The lowest BCUT2D eigenvalue weighted by atomic mass is 10.1. The first-order valence-electron chi connectivity index (χ1n) is 9.51. The van der Waals surface area contributed by atoms with E-state index in [0.29, 0.717) is 16.8 Å². The van der Waals surface area contributed by atoms with Gasteiger partial charge in [0.05, 0.1) is 30.7 Å². The van der Waals surface area contributed by atoms with Gasteiger partial charge in [0.1, 0.15) is 11.4 Å². The van der Waals surface area contributed by atoms with Crippen molar-refractivity contribution < 1.29 is 14.3 Å². The lowest BCUT2D eigenvalue weighted by Crippen LogP contribution is -2.39. The minimum Gasteiger partial charge on any atom is -0.395 e. The van der Waals surface area contributed by atoms with Gasteiger partial charge in [-0.15, -0.1) is 0 Å². The van der Waals surface area contributed by atoms with E-state index in [1.807, 2.05) is 6.92 Å². The van der Waals surface area contributed by atoms with Crippen LogP contribution in [-0.2, 0) is 13.1 Å². The summed E-state index contributed by atoms with van der Waals surface area (Å²) in [5.41, 5.74) is 1.68. The first-order valence-corrected chi connectivity index (χ1v) is 9.51. The third-order valence-electron chi connectivity index (χ3n) is 4.73. The van der Waals surface area contributed by atoms with Crippen LogP contribution in [0.15, 0.2) is 53.7 Å². The van der Waals surface area contributed by atoms with Crippen molar-refractivity contribution in [3.8, 4) is 0 Å². The van der Waals surface area contributed by atoms with Gasteiger partial charge < -0.3 is 14.6 Å². The van der Waals surface area contributed by atoms with Crippen molar-refractivity contribution in [2.24, 2.45) is 0 Å². The number of halogens is 1. The largest absolute Gasteiger partial charge is 0.395 e. The highest BCUT2D eigenvalue weighted by Gasteiger charge is 2.23. The molecule has 1 amide bonds. The summed E-state index contributed by atoms with van der Waals surface area (Å²) in [6.07, 6.45) is 4.79. The molecule has 2 aromatic heterocycles. The number of nitrogens with zero attached hydrogens (tertiary/aromatic N) is 4. The normalized spacial score (nSPS) is 10.8. The molecule has 8 heteroatoms. The molecule has 156 valence electrons. The highest BCUT2D eigenvalue weighted by atomic mass is 19.1. The topological polar surface area (TPSA) is 88.3 Å². The second-order valence-electron chi connectivity index (χ2n) is 7.00. The van der Waals surface area contributed by atoms with E-state index in [-0.39, 0.29) is 31.8 Å². The Morgan fingerprint density at radius 3 is 2.60 bits per heavy atom. The summed E-state index contributed by atoms with van der Waals surface area (Å²) in [4.78, 5) is 36.0. The van der Waals surface area contributed by atoms with Crippen molar-refractivity contribution in [3.63, 3.8) is 0 Å². The fraction of sp³-hybridized carbons (Fsp3) is 0.273. The van der Waals surface area contributed by atoms with Gasteiger partial charge in [0.25, 0.3) is 11.5 Å². The average molecular weight is 410 g/mol. The number of aryl methyl sites for hydroxylation is 2. The predicted molar refractivity (Wildman–Crippen MR) is 110 cm³/mol. The van der Waals surface area contributed by atoms with Gasteiger partial charge in [0.15, 0.2) is 0 Å². The minimum atomic E-state index is -0.556. The maximum Gasteiger partial charge on any atom is 0.264 e. The van der Waals surface area contributed by atoms with Crippen molar-refractivity contribution in [2.75, 3.05) is 13.2 Å². The molecule has 2 heterocycles. The Hall–Kier alpha value is -3.39. The highest BCUT2D eigenvalue weighted by molar-refractivity contribution is 5.95. The molecule has 1 aromatic carbocycles. The molecule has 0 aliphatic heterocycles. The van der Waals surface area contributed by atoms with E-state index in [1.165, 1.54) is 15.5 Å². The molecular weight excluding hydrogens is 387 g/mol. The van der Waals surface area contributed by atoms with Crippen LogP contribution in [-0.4, -0.2) is 43.6 Å². The van der Waals surface area contributed by atoms with Crippen LogP contribution in [0.2, 0.25) is 0 Å². The van der Waals surface area contributed by atoms with Crippen LogP contribution >= 0.6 is 0 Å². The minimum absolute atomic E-state index is 0.0117. The Morgan fingerprint density at radius 2 is 1.93 bits per heavy atom. The van der Waals surface area contributed by atoms with Crippen LogP contribution in [0, 0.1) is 19.7 Å². The molecule has 0 aliphatic carbocycles. The van der Waals surface area contributed by atoms with Gasteiger partial charge in [-0.05, 0) is 31.5 Å². The second-order valence-corrected chi connectivity index (χ2v) is 7.00. The molecule has 30 heavy (non-hydrogen) atoms. The summed E-state index contributed by atoms with van der Waals surface area (Å²) in [5, 5.41) is 9.40. The second kappa shape index (κ2) is 9.41. The third-order valence-corrected chi connectivity index (χ3v) is 4.73.